The largest absolute Gasteiger partial charge is 0.289 e. The fourth-order valence-corrected chi connectivity index (χ4v) is 1.98. The van der Waals surface area contributed by atoms with Crippen LogP contribution in [0.1, 0.15) is 28.4 Å². The molecule has 0 aromatic heterocycles. The van der Waals surface area contributed by atoms with Crippen molar-refractivity contribution in [2.45, 2.75) is 13.3 Å². The zero-order chi connectivity index (χ0) is 13.1. The number of ketones is 1. The number of carbonyl (C=O) groups is 1. The van der Waals surface area contributed by atoms with Crippen LogP contribution in [0.2, 0.25) is 0 Å². The van der Waals surface area contributed by atoms with Gasteiger partial charge < -0.3 is 0 Å². The van der Waals surface area contributed by atoms with E-state index in [1.807, 2.05) is 25.1 Å². The Kier molecular flexibility index (Phi) is 3.92. The van der Waals surface area contributed by atoms with Gasteiger partial charge in [0.2, 0.25) is 0 Å². The number of rotatable bonds is 3. The van der Waals surface area contributed by atoms with E-state index < -0.39 is 5.82 Å². The van der Waals surface area contributed by atoms with Crippen molar-refractivity contribution < 1.29 is 9.18 Å². The Morgan fingerprint density at radius 1 is 1.17 bits per heavy atom. The maximum Gasteiger partial charge on any atom is 0.193 e. The summed E-state index contributed by atoms with van der Waals surface area (Å²) in [4.78, 5) is 12.2. The lowest BCUT2D eigenvalue weighted by atomic mass is 10.0. The Hall–Kier alpha value is -1.48. The minimum Gasteiger partial charge on any atom is -0.289 e. The highest BCUT2D eigenvalue weighted by molar-refractivity contribution is 9.10. The molecule has 2 rings (SSSR count). The van der Waals surface area contributed by atoms with Crippen LogP contribution in [0.25, 0.3) is 0 Å². The van der Waals surface area contributed by atoms with Crippen LogP contribution in [0.3, 0.4) is 0 Å². The molecule has 2 aromatic carbocycles. The van der Waals surface area contributed by atoms with Gasteiger partial charge in [0.25, 0.3) is 0 Å². The lowest BCUT2D eigenvalue weighted by Crippen LogP contribution is -2.02. The minimum absolute atomic E-state index is 0.156. The van der Waals surface area contributed by atoms with Crippen molar-refractivity contribution in [2.24, 2.45) is 0 Å². The van der Waals surface area contributed by atoms with E-state index >= 15 is 0 Å². The average molecular weight is 307 g/mol. The monoisotopic (exact) mass is 306 g/mol. The summed E-state index contributed by atoms with van der Waals surface area (Å²) in [5, 5.41) is 0. The van der Waals surface area contributed by atoms with E-state index in [4.69, 9.17) is 0 Å². The molecule has 3 heteroatoms. The van der Waals surface area contributed by atoms with Gasteiger partial charge in [-0.2, -0.15) is 0 Å². The zero-order valence-electron chi connectivity index (χ0n) is 9.91. The smallest absolute Gasteiger partial charge is 0.193 e. The third kappa shape index (κ3) is 2.67. The molecule has 0 unspecified atom stereocenters. The van der Waals surface area contributed by atoms with Crippen LogP contribution >= 0.6 is 15.9 Å². The van der Waals surface area contributed by atoms with Gasteiger partial charge in [-0.15, -0.1) is 0 Å². The van der Waals surface area contributed by atoms with Crippen molar-refractivity contribution in [1.82, 2.24) is 0 Å². The molecule has 0 N–H and O–H groups in total. The average Bonchev–Trinajstić information content (AvgIpc) is 2.41. The van der Waals surface area contributed by atoms with Gasteiger partial charge in [-0.3, -0.25) is 4.79 Å². The third-order valence-corrected chi connectivity index (χ3v) is 3.42. The third-order valence-electron chi connectivity index (χ3n) is 2.78. The maximum absolute atomic E-state index is 13.4. The van der Waals surface area contributed by atoms with Gasteiger partial charge in [-0.25, -0.2) is 4.39 Å². The Bertz CT molecular complexity index is 593. The summed E-state index contributed by atoms with van der Waals surface area (Å²) in [5.41, 5.74) is 2.05. The Morgan fingerprint density at radius 3 is 2.56 bits per heavy atom. The summed E-state index contributed by atoms with van der Waals surface area (Å²) in [6.07, 6.45) is 0.871. The number of aryl methyl sites for hydroxylation is 1. The molecule has 0 radical (unpaired) electrons. The lowest BCUT2D eigenvalue weighted by molar-refractivity contribution is 0.103. The minimum atomic E-state index is -0.424. The second kappa shape index (κ2) is 5.44. The topological polar surface area (TPSA) is 17.1 Å². The molecule has 1 nitrogen and oxygen atoms in total. The first kappa shape index (κ1) is 13.0. The number of benzene rings is 2. The molecule has 0 spiro atoms. The molecule has 0 bridgehead atoms. The zero-order valence-corrected chi connectivity index (χ0v) is 11.5. The van der Waals surface area contributed by atoms with Gasteiger partial charge in [0.05, 0.1) is 4.47 Å². The number of carbonyl (C=O) groups excluding carboxylic acids is 1. The Labute approximate surface area is 114 Å². The fourth-order valence-electron chi connectivity index (χ4n) is 1.74. The summed E-state index contributed by atoms with van der Waals surface area (Å²) in [6.45, 7) is 2.03. The van der Waals surface area contributed by atoms with E-state index in [0.717, 1.165) is 12.0 Å². The molecule has 0 saturated heterocycles. The van der Waals surface area contributed by atoms with Gasteiger partial charge in [0.15, 0.2) is 5.78 Å². The number of halogens is 2. The number of hydrogen-bond donors (Lipinski definition) is 0. The van der Waals surface area contributed by atoms with Crippen LogP contribution in [0, 0.1) is 5.82 Å². The van der Waals surface area contributed by atoms with Gasteiger partial charge in [0, 0.05) is 11.1 Å². The molecule has 92 valence electrons. The molecule has 2 aromatic rings. The lowest BCUT2D eigenvalue weighted by Gasteiger charge is -2.04. The highest BCUT2D eigenvalue weighted by atomic mass is 79.9. The standard InChI is InChI=1S/C15H12BrFO/c1-2-10-4-3-5-11(8-10)15(18)12-6-7-13(16)14(17)9-12/h3-9H,2H2,1H3. The predicted octanol–water partition coefficient (Wildman–Crippen LogP) is 4.38. The molecule has 0 aliphatic carbocycles. The Balaban J connectivity index is 2.38. The Morgan fingerprint density at radius 2 is 1.89 bits per heavy atom. The first-order chi connectivity index (χ1) is 8.61. The van der Waals surface area contributed by atoms with Crippen molar-refractivity contribution >= 4 is 21.7 Å². The summed E-state index contributed by atoms with van der Waals surface area (Å²) in [7, 11) is 0. The fraction of sp³-hybridized carbons (Fsp3) is 0.133. The van der Waals surface area contributed by atoms with Crippen LogP contribution < -0.4 is 0 Å². The second-order valence-electron chi connectivity index (χ2n) is 4.01. The van der Waals surface area contributed by atoms with Crippen molar-refractivity contribution in [2.75, 3.05) is 0 Å². The quantitative estimate of drug-likeness (QED) is 0.769. The predicted molar refractivity (Wildman–Crippen MR) is 73.4 cm³/mol. The molecular formula is C15H12BrFO. The molecule has 0 amide bonds. The molecule has 0 fully saturated rings. The highest BCUT2D eigenvalue weighted by Crippen LogP contribution is 2.19. The van der Waals surface area contributed by atoms with E-state index in [2.05, 4.69) is 15.9 Å². The van der Waals surface area contributed by atoms with Crippen molar-refractivity contribution in [3.05, 3.63) is 69.4 Å². The SMILES string of the molecule is CCc1cccc(C(=O)c2ccc(Br)c(F)c2)c1. The van der Waals surface area contributed by atoms with Crippen molar-refractivity contribution in [3.63, 3.8) is 0 Å². The van der Waals surface area contributed by atoms with Crippen LogP contribution in [-0.4, -0.2) is 5.78 Å². The van der Waals surface area contributed by atoms with Crippen LogP contribution in [-0.2, 0) is 6.42 Å². The summed E-state index contributed by atoms with van der Waals surface area (Å²) in [5.74, 6) is -0.579. The first-order valence-electron chi connectivity index (χ1n) is 5.70. The van der Waals surface area contributed by atoms with E-state index in [0.29, 0.717) is 15.6 Å². The van der Waals surface area contributed by atoms with Gasteiger partial charge >= 0.3 is 0 Å². The van der Waals surface area contributed by atoms with E-state index in [9.17, 15) is 9.18 Å². The van der Waals surface area contributed by atoms with Crippen molar-refractivity contribution in [1.29, 1.82) is 0 Å². The molecular weight excluding hydrogens is 295 g/mol. The highest BCUT2D eigenvalue weighted by Gasteiger charge is 2.11. The molecule has 0 aliphatic rings. The first-order valence-corrected chi connectivity index (χ1v) is 6.50. The molecule has 0 saturated carbocycles. The molecule has 18 heavy (non-hydrogen) atoms. The molecule has 0 heterocycles. The van der Waals surface area contributed by atoms with E-state index in [1.54, 1.807) is 18.2 Å². The number of hydrogen-bond acceptors (Lipinski definition) is 1. The molecule has 0 atom stereocenters. The summed E-state index contributed by atoms with van der Waals surface area (Å²) < 4.78 is 13.8. The van der Waals surface area contributed by atoms with E-state index in [-0.39, 0.29) is 5.78 Å². The van der Waals surface area contributed by atoms with Crippen LogP contribution in [0.15, 0.2) is 46.9 Å². The second-order valence-corrected chi connectivity index (χ2v) is 4.87. The van der Waals surface area contributed by atoms with E-state index in [1.165, 1.54) is 6.07 Å². The summed E-state index contributed by atoms with van der Waals surface area (Å²) in [6, 6.07) is 11.8. The maximum atomic E-state index is 13.4. The van der Waals surface area contributed by atoms with Crippen LogP contribution in [0.5, 0.6) is 0 Å². The molecule has 0 aliphatic heterocycles. The van der Waals surface area contributed by atoms with Gasteiger partial charge in [-0.05, 0) is 52.2 Å². The van der Waals surface area contributed by atoms with Gasteiger partial charge in [0.1, 0.15) is 5.82 Å². The van der Waals surface area contributed by atoms with Crippen molar-refractivity contribution in [3.8, 4) is 0 Å². The van der Waals surface area contributed by atoms with Crippen LogP contribution in [0.4, 0.5) is 4.39 Å². The summed E-state index contributed by atoms with van der Waals surface area (Å²) >= 11 is 3.07. The van der Waals surface area contributed by atoms with Gasteiger partial charge in [-0.1, -0.05) is 25.1 Å². The normalized spacial score (nSPS) is 10.4.